The van der Waals surface area contributed by atoms with E-state index in [0.717, 1.165) is 34.1 Å². The lowest BCUT2D eigenvalue weighted by molar-refractivity contribution is 0.111. The van der Waals surface area contributed by atoms with Crippen LogP contribution in [0, 0.1) is 0 Å². The summed E-state index contributed by atoms with van der Waals surface area (Å²) in [5.41, 5.74) is 1.24. The second kappa shape index (κ2) is 7.34. The SMILES string of the molecule is O=Cc1ccc(OBOc2ccc(C=O)c3ccccc23)c2ccccc12. The molecule has 4 aromatic rings. The van der Waals surface area contributed by atoms with E-state index in [1.807, 2.05) is 48.5 Å². The number of hydrogen-bond acceptors (Lipinski definition) is 4. The molecule has 0 spiro atoms. The lowest BCUT2D eigenvalue weighted by Gasteiger charge is -2.13. The van der Waals surface area contributed by atoms with Crippen molar-refractivity contribution in [2.75, 3.05) is 0 Å². The van der Waals surface area contributed by atoms with E-state index < -0.39 is 0 Å². The molecular formula is C22H15BO4. The monoisotopic (exact) mass is 354 g/mol. The minimum Gasteiger partial charge on any atom is -0.528 e. The van der Waals surface area contributed by atoms with Crippen LogP contribution in [0.5, 0.6) is 11.5 Å². The second-order valence-corrected chi connectivity index (χ2v) is 6.04. The van der Waals surface area contributed by atoms with E-state index in [-0.39, 0.29) is 7.69 Å². The van der Waals surface area contributed by atoms with E-state index in [9.17, 15) is 9.59 Å². The standard InChI is InChI=1S/C22H15BO4/c24-13-15-9-11-21(19-7-3-1-5-17(15)19)26-23-27-22-12-10-16(14-25)18-6-2-4-8-20(18)22/h1-14,23H. The highest BCUT2D eigenvalue weighted by Gasteiger charge is 2.10. The van der Waals surface area contributed by atoms with Gasteiger partial charge in [0.2, 0.25) is 0 Å². The molecule has 0 N–H and O–H groups in total. The van der Waals surface area contributed by atoms with E-state index in [0.29, 0.717) is 22.6 Å². The largest absolute Gasteiger partial charge is 0.576 e. The van der Waals surface area contributed by atoms with Gasteiger partial charge in [0.05, 0.1) is 0 Å². The van der Waals surface area contributed by atoms with Gasteiger partial charge in [-0.3, -0.25) is 9.59 Å². The molecule has 0 saturated heterocycles. The molecule has 0 unspecified atom stereocenters. The maximum atomic E-state index is 11.2. The maximum Gasteiger partial charge on any atom is 0.576 e. The Bertz CT molecular complexity index is 1060. The molecule has 0 radical (unpaired) electrons. The van der Waals surface area contributed by atoms with Crippen LogP contribution in [0.1, 0.15) is 20.7 Å². The summed E-state index contributed by atoms with van der Waals surface area (Å²) in [4.78, 5) is 22.4. The average Bonchev–Trinajstić information content (AvgIpc) is 2.74. The van der Waals surface area contributed by atoms with Crippen molar-refractivity contribution in [3.05, 3.63) is 83.9 Å². The third-order valence-electron chi connectivity index (χ3n) is 4.52. The Labute approximate surface area is 156 Å². The fourth-order valence-corrected chi connectivity index (χ4v) is 3.20. The highest BCUT2D eigenvalue weighted by molar-refractivity contribution is 6.22. The van der Waals surface area contributed by atoms with E-state index in [1.54, 1.807) is 24.3 Å². The minimum absolute atomic E-state index is 0.00879. The van der Waals surface area contributed by atoms with Gasteiger partial charge in [-0.2, -0.15) is 0 Å². The summed E-state index contributed by atoms with van der Waals surface area (Å²) in [5.74, 6) is 1.29. The van der Waals surface area contributed by atoms with Gasteiger partial charge in [0.15, 0.2) is 12.6 Å². The molecule has 4 nitrogen and oxygen atoms in total. The molecule has 0 fully saturated rings. The van der Waals surface area contributed by atoms with Crippen LogP contribution in [0.2, 0.25) is 0 Å². The first-order valence-electron chi connectivity index (χ1n) is 8.51. The van der Waals surface area contributed by atoms with Crippen molar-refractivity contribution in [3.8, 4) is 11.5 Å². The molecule has 4 rings (SSSR count). The third-order valence-corrected chi connectivity index (χ3v) is 4.52. The van der Waals surface area contributed by atoms with Gasteiger partial charge in [0.25, 0.3) is 0 Å². The summed E-state index contributed by atoms with van der Waals surface area (Å²) in [6, 6.07) is 22.2. The highest BCUT2D eigenvalue weighted by Crippen LogP contribution is 2.29. The average molecular weight is 354 g/mol. The van der Waals surface area contributed by atoms with Crippen LogP contribution < -0.4 is 9.31 Å². The Kier molecular flexibility index (Phi) is 4.58. The summed E-state index contributed by atoms with van der Waals surface area (Å²) in [5, 5.41) is 3.38. The van der Waals surface area contributed by atoms with Gasteiger partial charge in [-0.1, -0.05) is 48.5 Å². The first kappa shape index (κ1) is 16.9. The maximum absolute atomic E-state index is 11.2. The number of benzene rings is 4. The number of carbonyl (C=O) groups is 2. The lowest BCUT2D eigenvalue weighted by Crippen LogP contribution is -2.11. The summed E-state index contributed by atoms with van der Waals surface area (Å²) < 4.78 is 11.6. The molecule has 0 aromatic heterocycles. The lowest BCUT2D eigenvalue weighted by atomic mass is 10.0. The van der Waals surface area contributed by atoms with Gasteiger partial charge in [0, 0.05) is 21.9 Å². The predicted molar refractivity (Wildman–Crippen MR) is 107 cm³/mol. The van der Waals surface area contributed by atoms with Gasteiger partial charge in [-0.25, -0.2) is 0 Å². The molecule has 5 heteroatoms. The van der Waals surface area contributed by atoms with Crippen LogP contribution in [0.25, 0.3) is 21.5 Å². The minimum atomic E-state index is 0.00879. The van der Waals surface area contributed by atoms with E-state index in [2.05, 4.69) is 0 Å². The third kappa shape index (κ3) is 3.15. The van der Waals surface area contributed by atoms with Crippen LogP contribution in [0.3, 0.4) is 0 Å². The molecule has 0 amide bonds. The topological polar surface area (TPSA) is 52.6 Å². The van der Waals surface area contributed by atoms with Crippen LogP contribution in [-0.4, -0.2) is 20.3 Å². The van der Waals surface area contributed by atoms with Crippen molar-refractivity contribution in [1.29, 1.82) is 0 Å². The summed E-state index contributed by atoms with van der Waals surface area (Å²) in [6.45, 7) is 0. The summed E-state index contributed by atoms with van der Waals surface area (Å²) in [7, 11) is 0.00879. The molecule has 0 atom stereocenters. The fourth-order valence-electron chi connectivity index (χ4n) is 3.20. The molecule has 0 aliphatic carbocycles. The molecule has 130 valence electrons. The van der Waals surface area contributed by atoms with Gasteiger partial charge < -0.3 is 9.31 Å². The Morgan fingerprint density at radius 2 is 0.963 bits per heavy atom. The van der Waals surface area contributed by atoms with Crippen molar-refractivity contribution < 1.29 is 18.9 Å². The quantitative estimate of drug-likeness (QED) is 0.382. The number of rotatable bonds is 6. The normalized spacial score (nSPS) is 10.5. The van der Waals surface area contributed by atoms with E-state index in [4.69, 9.17) is 9.31 Å². The molecule has 0 aliphatic rings. The molecule has 0 heterocycles. The highest BCUT2D eigenvalue weighted by atomic mass is 16.6. The van der Waals surface area contributed by atoms with Crippen molar-refractivity contribution in [3.63, 3.8) is 0 Å². The van der Waals surface area contributed by atoms with Gasteiger partial charge in [-0.05, 0) is 35.0 Å². The van der Waals surface area contributed by atoms with Crippen molar-refractivity contribution in [2.24, 2.45) is 0 Å². The Morgan fingerprint density at radius 1 is 0.556 bits per heavy atom. The number of hydrogen-bond donors (Lipinski definition) is 0. The Balaban J connectivity index is 1.60. The fraction of sp³-hybridized carbons (Fsp3) is 0. The zero-order valence-corrected chi connectivity index (χ0v) is 14.4. The molecule has 0 bridgehead atoms. The molecule has 0 aliphatic heterocycles. The summed E-state index contributed by atoms with van der Waals surface area (Å²) >= 11 is 0. The van der Waals surface area contributed by atoms with Gasteiger partial charge in [-0.15, -0.1) is 0 Å². The van der Waals surface area contributed by atoms with Gasteiger partial charge >= 0.3 is 7.69 Å². The first-order valence-corrected chi connectivity index (χ1v) is 8.51. The summed E-state index contributed by atoms with van der Waals surface area (Å²) in [6.07, 6.45) is 1.67. The number of carbonyl (C=O) groups excluding carboxylic acids is 2. The zero-order chi connectivity index (χ0) is 18.6. The smallest absolute Gasteiger partial charge is 0.528 e. The first-order chi connectivity index (χ1) is 13.3. The van der Waals surface area contributed by atoms with E-state index >= 15 is 0 Å². The zero-order valence-electron chi connectivity index (χ0n) is 14.4. The Hall–Kier alpha value is -3.60. The molecular weight excluding hydrogens is 339 g/mol. The van der Waals surface area contributed by atoms with Gasteiger partial charge in [0.1, 0.15) is 11.5 Å². The van der Waals surface area contributed by atoms with Crippen LogP contribution in [0.4, 0.5) is 0 Å². The second-order valence-electron chi connectivity index (χ2n) is 6.04. The van der Waals surface area contributed by atoms with E-state index in [1.165, 1.54) is 0 Å². The molecule has 27 heavy (non-hydrogen) atoms. The van der Waals surface area contributed by atoms with Crippen molar-refractivity contribution in [2.45, 2.75) is 0 Å². The predicted octanol–water partition coefficient (Wildman–Crippen LogP) is 4.34. The van der Waals surface area contributed by atoms with Crippen LogP contribution in [-0.2, 0) is 0 Å². The van der Waals surface area contributed by atoms with Crippen LogP contribution >= 0.6 is 0 Å². The number of fused-ring (bicyclic) bond motifs is 2. The Morgan fingerprint density at radius 3 is 1.37 bits per heavy atom. The van der Waals surface area contributed by atoms with Crippen LogP contribution in [0.15, 0.2) is 72.8 Å². The molecule has 0 saturated carbocycles. The molecule has 4 aromatic carbocycles. The number of aldehydes is 2. The van der Waals surface area contributed by atoms with Crippen molar-refractivity contribution >= 4 is 41.8 Å². The van der Waals surface area contributed by atoms with Crippen molar-refractivity contribution in [1.82, 2.24) is 0 Å².